The van der Waals surface area contributed by atoms with Crippen LogP contribution in [0.3, 0.4) is 0 Å². The third-order valence-electron chi connectivity index (χ3n) is 4.76. The molecular weight excluding hydrogens is 266 g/mol. The van der Waals surface area contributed by atoms with Crippen LogP contribution in [0.4, 0.5) is 0 Å². The SMILES string of the molecule is N/C(=N/O)c1cccc(CNC(=O)C2C3CCCCC32)c1. The lowest BCUT2D eigenvalue weighted by Gasteiger charge is -2.07. The molecule has 1 amide bonds. The highest BCUT2D eigenvalue weighted by atomic mass is 16.4. The van der Waals surface area contributed by atoms with Crippen LogP contribution in [-0.2, 0) is 11.3 Å². The Morgan fingerprint density at radius 3 is 2.71 bits per heavy atom. The van der Waals surface area contributed by atoms with Crippen LogP contribution in [0.5, 0.6) is 0 Å². The first kappa shape index (κ1) is 13.9. The zero-order valence-corrected chi connectivity index (χ0v) is 12.0. The van der Waals surface area contributed by atoms with Gasteiger partial charge in [0.1, 0.15) is 0 Å². The topological polar surface area (TPSA) is 87.7 Å². The number of carbonyl (C=O) groups is 1. The summed E-state index contributed by atoms with van der Waals surface area (Å²) in [4.78, 5) is 12.2. The second-order valence-corrected chi connectivity index (χ2v) is 6.04. The Morgan fingerprint density at radius 2 is 2.05 bits per heavy atom. The first-order chi connectivity index (χ1) is 10.2. The summed E-state index contributed by atoms with van der Waals surface area (Å²) in [5.41, 5.74) is 7.18. The molecule has 5 heteroatoms. The van der Waals surface area contributed by atoms with Crippen molar-refractivity contribution in [2.45, 2.75) is 32.2 Å². The number of nitrogens with two attached hydrogens (primary N) is 1. The molecule has 2 atom stereocenters. The van der Waals surface area contributed by atoms with Crippen molar-refractivity contribution in [1.29, 1.82) is 0 Å². The Morgan fingerprint density at radius 1 is 1.33 bits per heavy atom. The lowest BCUT2D eigenvalue weighted by molar-refractivity contribution is -0.123. The van der Waals surface area contributed by atoms with E-state index < -0.39 is 0 Å². The summed E-state index contributed by atoms with van der Waals surface area (Å²) >= 11 is 0. The number of benzene rings is 1. The number of oxime groups is 1. The summed E-state index contributed by atoms with van der Waals surface area (Å²) in [7, 11) is 0. The van der Waals surface area contributed by atoms with E-state index in [9.17, 15) is 4.79 Å². The van der Waals surface area contributed by atoms with E-state index in [0.29, 0.717) is 23.9 Å². The van der Waals surface area contributed by atoms with E-state index in [1.165, 1.54) is 25.7 Å². The molecule has 21 heavy (non-hydrogen) atoms. The molecule has 0 saturated heterocycles. The number of amides is 1. The predicted octanol–water partition coefficient (Wildman–Crippen LogP) is 1.83. The maximum Gasteiger partial charge on any atom is 0.223 e. The van der Waals surface area contributed by atoms with Gasteiger partial charge in [0.2, 0.25) is 5.91 Å². The van der Waals surface area contributed by atoms with Gasteiger partial charge in [-0.15, -0.1) is 0 Å². The fourth-order valence-corrected chi connectivity index (χ4v) is 3.59. The lowest BCUT2D eigenvalue weighted by Crippen LogP contribution is -2.25. The fraction of sp³-hybridized carbons (Fsp3) is 0.500. The highest BCUT2D eigenvalue weighted by Crippen LogP contribution is 2.55. The number of fused-ring (bicyclic) bond motifs is 1. The van der Waals surface area contributed by atoms with E-state index in [2.05, 4.69) is 10.5 Å². The number of rotatable bonds is 4. The second kappa shape index (κ2) is 5.76. The van der Waals surface area contributed by atoms with E-state index in [4.69, 9.17) is 10.9 Å². The van der Waals surface area contributed by atoms with Crippen molar-refractivity contribution < 1.29 is 10.0 Å². The molecule has 0 bridgehead atoms. The minimum atomic E-state index is 0.0800. The van der Waals surface area contributed by atoms with Gasteiger partial charge in [-0.25, -0.2) is 0 Å². The predicted molar refractivity (Wildman–Crippen MR) is 79.7 cm³/mol. The molecule has 2 unspecified atom stereocenters. The first-order valence-corrected chi connectivity index (χ1v) is 7.55. The quantitative estimate of drug-likeness (QED) is 0.342. The Bertz CT molecular complexity index is 558. The molecule has 0 heterocycles. The maximum absolute atomic E-state index is 12.2. The van der Waals surface area contributed by atoms with Gasteiger partial charge >= 0.3 is 0 Å². The van der Waals surface area contributed by atoms with Gasteiger partial charge in [-0.2, -0.15) is 0 Å². The van der Waals surface area contributed by atoms with E-state index >= 15 is 0 Å². The summed E-state index contributed by atoms with van der Waals surface area (Å²) in [6.45, 7) is 0.487. The molecule has 0 radical (unpaired) electrons. The molecule has 0 spiro atoms. The molecule has 2 fully saturated rings. The van der Waals surface area contributed by atoms with Crippen molar-refractivity contribution in [1.82, 2.24) is 5.32 Å². The molecule has 5 nitrogen and oxygen atoms in total. The Balaban J connectivity index is 1.57. The summed E-state index contributed by atoms with van der Waals surface area (Å²) in [6, 6.07) is 7.37. The van der Waals surface area contributed by atoms with Crippen molar-refractivity contribution in [2.24, 2.45) is 28.6 Å². The molecule has 0 aromatic heterocycles. The Kier molecular flexibility index (Phi) is 3.82. The van der Waals surface area contributed by atoms with Gasteiger partial charge in [0.05, 0.1) is 0 Å². The fourth-order valence-electron chi connectivity index (χ4n) is 3.59. The van der Waals surface area contributed by atoms with Gasteiger partial charge in [-0.05, 0) is 36.3 Å². The molecule has 112 valence electrons. The standard InChI is InChI=1S/C16H21N3O2/c17-15(19-21)11-5-3-4-10(8-11)9-18-16(20)14-12-6-1-2-7-13(12)14/h3-5,8,12-14,21H,1-2,6-7,9H2,(H2,17,19)(H,18,20). The van der Waals surface area contributed by atoms with Gasteiger partial charge in [-0.1, -0.05) is 36.2 Å². The highest BCUT2D eigenvalue weighted by Gasteiger charge is 2.54. The third-order valence-corrected chi connectivity index (χ3v) is 4.76. The average molecular weight is 287 g/mol. The van der Waals surface area contributed by atoms with Gasteiger partial charge in [-0.3, -0.25) is 4.79 Å². The van der Waals surface area contributed by atoms with Crippen LogP contribution >= 0.6 is 0 Å². The summed E-state index contributed by atoms with van der Waals surface area (Å²) in [6.07, 6.45) is 4.96. The average Bonchev–Trinajstić information content (AvgIpc) is 3.26. The number of nitrogens with zero attached hydrogens (tertiary/aromatic N) is 1. The van der Waals surface area contributed by atoms with Crippen LogP contribution in [0.1, 0.15) is 36.8 Å². The third kappa shape index (κ3) is 2.86. The zero-order valence-electron chi connectivity index (χ0n) is 12.0. The number of amidine groups is 1. The number of hydrogen-bond acceptors (Lipinski definition) is 3. The van der Waals surface area contributed by atoms with Crippen LogP contribution in [0.2, 0.25) is 0 Å². The van der Waals surface area contributed by atoms with Crippen molar-refractivity contribution in [2.75, 3.05) is 0 Å². The maximum atomic E-state index is 12.2. The molecule has 2 aliphatic carbocycles. The van der Waals surface area contributed by atoms with E-state index in [0.717, 1.165) is 5.56 Å². The number of hydrogen-bond donors (Lipinski definition) is 3. The van der Waals surface area contributed by atoms with Crippen LogP contribution in [-0.4, -0.2) is 17.0 Å². The van der Waals surface area contributed by atoms with Crippen molar-refractivity contribution >= 4 is 11.7 Å². The lowest BCUT2D eigenvalue weighted by atomic mass is 10.0. The molecule has 2 aliphatic rings. The van der Waals surface area contributed by atoms with Crippen molar-refractivity contribution in [3.63, 3.8) is 0 Å². The van der Waals surface area contributed by atoms with Crippen LogP contribution in [0.15, 0.2) is 29.4 Å². The molecule has 1 aromatic carbocycles. The highest BCUT2D eigenvalue weighted by molar-refractivity contribution is 5.97. The largest absolute Gasteiger partial charge is 0.409 e. The summed E-state index contributed by atoms with van der Waals surface area (Å²) < 4.78 is 0. The van der Waals surface area contributed by atoms with Gasteiger partial charge < -0.3 is 16.3 Å². The van der Waals surface area contributed by atoms with Gasteiger partial charge in [0.25, 0.3) is 0 Å². The molecule has 4 N–H and O–H groups in total. The van der Waals surface area contributed by atoms with E-state index in [1.807, 2.05) is 18.2 Å². The van der Waals surface area contributed by atoms with Crippen molar-refractivity contribution in [3.05, 3.63) is 35.4 Å². The Hall–Kier alpha value is -2.04. The molecular formula is C16H21N3O2. The number of carbonyl (C=O) groups excluding carboxylic acids is 1. The smallest absolute Gasteiger partial charge is 0.223 e. The first-order valence-electron chi connectivity index (χ1n) is 7.55. The molecule has 0 aliphatic heterocycles. The summed E-state index contributed by atoms with van der Waals surface area (Å²) in [5.74, 6) is 1.75. The zero-order chi connectivity index (χ0) is 14.8. The second-order valence-electron chi connectivity index (χ2n) is 6.04. The normalized spacial score (nSPS) is 27.8. The van der Waals surface area contributed by atoms with Gasteiger partial charge in [0, 0.05) is 18.0 Å². The minimum absolute atomic E-state index is 0.0800. The van der Waals surface area contributed by atoms with E-state index in [1.54, 1.807) is 6.07 Å². The molecule has 1 aromatic rings. The minimum Gasteiger partial charge on any atom is -0.409 e. The van der Waals surface area contributed by atoms with E-state index in [-0.39, 0.29) is 17.7 Å². The Labute approximate surface area is 124 Å². The van der Waals surface area contributed by atoms with Crippen LogP contribution < -0.4 is 11.1 Å². The molecule has 3 rings (SSSR count). The monoisotopic (exact) mass is 287 g/mol. The number of nitrogens with one attached hydrogen (secondary N) is 1. The summed E-state index contributed by atoms with van der Waals surface area (Å²) in [5, 5.41) is 14.7. The van der Waals surface area contributed by atoms with Crippen LogP contribution in [0.25, 0.3) is 0 Å². The van der Waals surface area contributed by atoms with Crippen LogP contribution in [0, 0.1) is 17.8 Å². The molecule has 2 saturated carbocycles. The van der Waals surface area contributed by atoms with Crippen molar-refractivity contribution in [3.8, 4) is 0 Å². The van der Waals surface area contributed by atoms with Gasteiger partial charge in [0.15, 0.2) is 5.84 Å².